The Labute approximate surface area is 107 Å². The molecule has 0 saturated carbocycles. The number of carbonyl (C=O) groups is 2. The minimum atomic E-state index is -1.04. The van der Waals surface area contributed by atoms with E-state index in [4.69, 9.17) is 31.9 Å². The molecular formula is C11H10ClNO5. The highest BCUT2D eigenvalue weighted by molar-refractivity contribution is 6.33. The third-order valence-electron chi connectivity index (χ3n) is 2.57. The molecule has 18 heavy (non-hydrogen) atoms. The van der Waals surface area contributed by atoms with Crippen molar-refractivity contribution in [2.45, 2.75) is 12.5 Å². The fourth-order valence-electron chi connectivity index (χ4n) is 1.76. The van der Waals surface area contributed by atoms with Crippen LogP contribution in [0.2, 0.25) is 5.02 Å². The van der Waals surface area contributed by atoms with Gasteiger partial charge in [0.1, 0.15) is 0 Å². The lowest BCUT2D eigenvalue weighted by atomic mass is 10.0. The second-order valence-corrected chi connectivity index (χ2v) is 4.16. The van der Waals surface area contributed by atoms with Crippen molar-refractivity contribution in [1.29, 1.82) is 0 Å². The Balaban J connectivity index is 2.49. The summed E-state index contributed by atoms with van der Waals surface area (Å²) in [5, 5.41) is 8.88. The Morgan fingerprint density at radius 3 is 2.83 bits per heavy atom. The maximum Gasteiger partial charge on any atom is 0.305 e. The number of hydrogen-bond donors (Lipinski definition) is 2. The van der Waals surface area contributed by atoms with E-state index in [0.717, 1.165) is 0 Å². The number of aldehydes is 1. The van der Waals surface area contributed by atoms with Crippen LogP contribution in [-0.4, -0.2) is 24.2 Å². The van der Waals surface area contributed by atoms with E-state index in [1.54, 1.807) is 0 Å². The van der Waals surface area contributed by atoms with Gasteiger partial charge in [0.15, 0.2) is 17.8 Å². The molecule has 96 valence electrons. The van der Waals surface area contributed by atoms with Crippen molar-refractivity contribution in [3.05, 3.63) is 22.2 Å². The Morgan fingerprint density at radius 1 is 1.56 bits per heavy atom. The highest BCUT2D eigenvalue weighted by atomic mass is 35.5. The maximum absolute atomic E-state index is 10.9. The van der Waals surface area contributed by atoms with Crippen molar-refractivity contribution in [3.8, 4) is 11.5 Å². The topological polar surface area (TPSA) is 98.9 Å². The highest BCUT2D eigenvalue weighted by Gasteiger charge is 2.27. The lowest BCUT2D eigenvalue weighted by Crippen LogP contribution is -2.15. The molecule has 2 rings (SSSR count). The van der Waals surface area contributed by atoms with Gasteiger partial charge in [-0.3, -0.25) is 9.59 Å². The molecule has 1 aliphatic rings. The molecule has 0 amide bonds. The number of benzene rings is 1. The van der Waals surface area contributed by atoms with Gasteiger partial charge < -0.3 is 20.3 Å². The standard InChI is InChI=1S/C11H10ClNO5/c12-7-1-5(8(13)2-9(15)16)10-11(6(7)3-14)18-4-17-10/h1,3,8H,2,4,13H2,(H,15,16). The third-order valence-corrected chi connectivity index (χ3v) is 2.88. The number of rotatable bonds is 4. The molecular weight excluding hydrogens is 262 g/mol. The first-order valence-electron chi connectivity index (χ1n) is 5.09. The van der Waals surface area contributed by atoms with Crippen molar-refractivity contribution >= 4 is 23.9 Å². The summed E-state index contributed by atoms with van der Waals surface area (Å²) in [5.41, 5.74) is 6.36. The average Bonchev–Trinajstić information content (AvgIpc) is 2.75. The lowest BCUT2D eigenvalue weighted by molar-refractivity contribution is -0.137. The minimum absolute atomic E-state index is 0.0523. The first kappa shape index (κ1) is 12.7. The molecule has 1 aromatic rings. The summed E-state index contributed by atoms with van der Waals surface area (Å²) in [5.74, 6) is -0.533. The van der Waals surface area contributed by atoms with Crippen molar-refractivity contribution in [2.24, 2.45) is 5.73 Å². The van der Waals surface area contributed by atoms with Crippen LogP contribution >= 0.6 is 11.6 Å². The molecule has 1 atom stereocenters. The molecule has 0 aliphatic carbocycles. The lowest BCUT2D eigenvalue weighted by Gasteiger charge is -2.14. The van der Waals surface area contributed by atoms with Gasteiger partial charge >= 0.3 is 5.97 Å². The van der Waals surface area contributed by atoms with Crippen LogP contribution in [0.25, 0.3) is 0 Å². The summed E-state index contributed by atoms with van der Waals surface area (Å²) >= 11 is 5.92. The van der Waals surface area contributed by atoms with Crippen LogP contribution in [0.3, 0.4) is 0 Å². The summed E-state index contributed by atoms with van der Waals surface area (Å²) in [7, 11) is 0. The number of fused-ring (bicyclic) bond motifs is 1. The van der Waals surface area contributed by atoms with Crippen LogP contribution in [0.15, 0.2) is 6.07 Å². The van der Waals surface area contributed by atoms with Crippen LogP contribution in [0, 0.1) is 0 Å². The molecule has 0 spiro atoms. The summed E-state index contributed by atoms with van der Waals surface area (Å²) < 4.78 is 10.4. The summed E-state index contributed by atoms with van der Waals surface area (Å²) in [4.78, 5) is 21.6. The zero-order chi connectivity index (χ0) is 13.3. The van der Waals surface area contributed by atoms with Crippen molar-refractivity contribution < 1.29 is 24.2 Å². The predicted molar refractivity (Wildman–Crippen MR) is 62.1 cm³/mol. The second kappa shape index (κ2) is 4.83. The van der Waals surface area contributed by atoms with Gasteiger partial charge in [-0.25, -0.2) is 0 Å². The number of carbonyl (C=O) groups excluding carboxylic acids is 1. The Bertz CT molecular complexity index is 517. The Morgan fingerprint density at radius 2 is 2.22 bits per heavy atom. The van der Waals surface area contributed by atoms with E-state index in [0.29, 0.717) is 11.8 Å². The molecule has 0 radical (unpaired) electrons. The Kier molecular flexibility index (Phi) is 3.40. The second-order valence-electron chi connectivity index (χ2n) is 3.75. The van der Waals surface area contributed by atoms with E-state index in [1.807, 2.05) is 0 Å². The first-order chi connectivity index (χ1) is 8.54. The Hall–Kier alpha value is -1.79. The molecule has 1 heterocycles. The largest absolute Gasteiger partial charge is 0.481 e. The van der Waals surface area contributed by atoms with E-state index >= 15 is 0 Å². The maximum atomic E-state index is 10.9. The third kappa shape index (κ3) is 2.12. The minimum Gasteiger partial charge on any atom is -0.481 e. The van der Waals surface area contributed by atoms with Crippen molar-refractivity contribution in [1.82, 2.24) is 0 Å². The molecule has 1 unspecified atom stereocenters. The van der Waals surface area contributed by atoms with Gasteiger partial charge in [-0.2, -0.15) is 0 Å². The predicted octanol–water partition coefficient (Wildman–Crippen LogP) is 1.36. The van der Waals surface area contributed by atoms with Crippen LogP contribution in [0.4, 0.5) is 0 Å². The average molecular weight is 272 g/mol. The van der Waals surface area contributed by atoms with E-state index in [1.165, 1.54) is 6.07 Å². The fraction of sp³-hybridized carbons (Fsp3) is 0.273. The molecule has 6 nitrogen and oxygen atoms in total. The van der Waals surface area contributed by atoms with E-state index in [-0.39, 0.29) is 35.3 Å². The van der Waals surface area contributed by atoms with Gasteiger partial charge in [0.25, 0.3) is 0 Å². The number of ether oxygens (including phenoxy) is 2. The molecule has 0 saturated heterocycles. The normalized spacial score (nSPS) is 14.3. The van der Waals surface area contributed by atoms with Crippen molar-refractivity contribution in [2.75, 3.05) is 6.79 Å². The fourth-order valence-corrected chi connectivity index (χ4v) is 2.01. The van der Waals surface area contributed by atoms with E-state index in [9.17, 15) is 9.59 Å². The van der Waals surface area contributed by atoms with E-state index < -0.39 is 12.0 Å². The number of halogens is 1. The van der Waals surface area contributed by atoms with Gasteiger partial charge in [-0.05, 0) is 6.07 Å². The molecule has 1 aromatic carbocycles. The number of aliphatic carboxylic acids is 1. The zero-order valence-corrected chi connectivity index (χ0v) is 9.94. The SMILES string of the molecule is NC(CC(=O)O)c1cc(Cl)c(C=O)c2c1OCO2. The van der Waals surface area contributed by atoms with Gasteiger partial charge in [0.05, 0.1) is 17.0 Å². The van der Waals surface area contributed by atoms with Gasteiger partial charge in [0.2, 0.25) is 6.79 Å². The first-order valence-corrected chi connectivity index (χ1v) is 5.47. The zero-order valence-electron chi connectivity index (χ0n) is 9.18. The molecule has 1 aliphatic heterocycles. The highest BCUT2D eigenvalue weighted by Crippen LogP contribution is 2.44. The smallest absolute Gasteiger partial charge is 0.305 e. The van der Waals surface area contributed by atoms with Crippen LogP contribution in [0.5, 0.6) is 11.5 Å². The monoisotopic (exact) mass is 271 g/mol. The van der Waals surface area contributed by atoms with Crippen LogP contribution < -0.4 is 15.2 Å². The number of nitrogens with two attached hydrogens (primary N) is 1. The van der Waals surface area contributed by atoms with Gasteiger partial charge in [0, 0.05) is 11.6 Å². The van der Waals surface area contributed by atoms with Crippen LogP contribution in [-0.2, 0) is 4.79 Å². The number of carboxylic acids is 1. The number of carboxylic acid groups (broad SMARTS) is 1. The summed E-state index contributed by atoms with van der Waals surface area (Å²) in [6.45, 7) is -0.0523. The molecule has 3 N–H and O–H groups in total. The molecule has 0 bridgehead atoms. The molecule has 0 aromatic heterocycles. The van der Waals surface area contributed by atoms with Crippen LogP contribution in [0.1, 0.15) is 28.4 Å². The molecule has 0 fully saturated rings. The molecule has 7 heteroatoms. The quantitative estimate of drug-likeness (QED) is 0.802. The van der Waals surface area contributed by atoms with Gasteiger partial charge in [-0.1, -0.05) is 11.6 Å². The summed E-state index contributed by atoms with van der Waals surface area (Å²) in [6, 6.07) is 0.656. The van der Waals surface area contributed by atoms with Gasteiger partial charge in [-0.15, -0.1) is 0 Å². The number of hydrogen-bond acceptors (Lipinski definition) is 5. The van der Waals surface area contributed by atoms with Crippen molar-refractivity contribution in [3.63, 3.8) is 0 Å². The van der Waals surface area contributed by atoms with E-state index in [2.05, 4.69) is 0 Å². The summed E-state index contributed by atoms with van der Waals surface area (Å²) in [6.07, 6.45) is 0.287.